The lowest BCUT2D eigenvalue weighted by Crippen LogP contribution is -2.36. The van der Waals surface area contributed by atoms with E-state index in [0.29, 0.717) is 24.3 Å². The molecule has 23 heavy (non-hydrogen) atoms. The van der Waals surface area contributed by atoms with E-state index in [0.717, 1.165) is 18.9 Å². The third-order valence-corrected chi connectivity index (χ3v) is 3.74. The van der Waals surface area contributed by atoms with Crippen LogP contribution >= 0.6 is 0 Å². The Morgan fingerprint density at radius 3 is 2.70 bits per heavy atom. The Hall–Kier alpha value is -2.47. The van der Waals surface area contributed by atoms with Gasteiger partial charge in [0.25, 0.3) is 5.91 Å². The van der Waals surface area contributed by atoms with Crippen molar-refractivity contribution in [3.63, 3.8) is 0 Å². The molecule has 1 fully saturated rings. The smallest absolute Gasteiger partial charge is 0.253 e. The van der Waals surface area contributed by atoms with Crippen LogP contribution in [0.25, 0.3) is 0 Å². The van der Waals surface area contributed by atoms with Crippen molar-refractivity contribution in [3.8, 4) is 0 Å². The fraction of sp³-hybridized carbons (Fsp3) is 0.294. The van der Waals surface area contributed by atoms with E-state index >= 15 is 0 Å². The SMILES string of the molecule is O=C(NCc1ccccc1F)c1ccc(N2CCOCC2)nc1. The molecule has 0 radical (unpaired) electrons. The van der Waals surface area contributed by atoms with Crippen LogP contribution in [0, 0.1) is 5.82 Å². The van der Waals surface area contributed by atoms with E-state index in [9.17, 15) is 9.18 Å². The number of morpholine rings is 1. The number of benzene rings is 1. The van der Waals surface area contributed by atoms with Crippen LogP contribution < -0.4 is 10.2 Å². The van der Waals surface area contributed by atoms with Gasteiger partial charge in [-0.3, -0.25) is 4.79 Å². The monoisotopic (exact) mass is 315 g/mol. The average molecular weight is 315 g/mol. The number of nitrogens with zero attached hydrogens (tertiary/aromatic N) is 2. The molecule has 1 aliphatic heterocycles. The number of hydrogen-bond donors (Lipinski definition) is 1. The van der Waals surface area contributed by atoms with Crippen molar-refractivity contribution in [1.82, 2.24) is 10.3 Å². The van der Waals surface area contributed by atoms with Gasteiger partial charge in [-0.15, -0.1) is 0 Å². The van der Waals surface area contributed by atoms with Crippen molar-refractivity contribution < 1.29 is 13.9 Å². The predicted octanol–water partition coefficient (Wildman–Crippen LogP) is 1.99. The summed E-state index contributed by atoms with van der Waals surface area (Å²) < 4.78 is 18.8. The lowest BCUT2D eigenvalue weighted by atomic mass is 10.2. The molecule has 3 rings (SSSR count). The van der Waals surface area contributed by atoms with E-state index in [1.54, 1.807) is 30.5 Å². The first-order chi connectivity index (χ1) is 11.2. The molecule has 0 bridgehead atoms. The van der Waals surface area contributed by atoms with Gasteiger partial charge < -0.3 is 15.0 Å². The summed E-state index contributed by atoms with van der Waals surface area (Å²) in [7, 11) is 0. The van der Waals surface area contributed by atoms with Crippen molar-refractivity contribution in [2.75, 3.05) is 31.2 Å². The van der Waals surface area contributed by atoms with Crippen LogP contribution in [0.1, 0.15) is 15.9 Å². The Bertz CT molecular complexity index is 670. The highest BCUT2D eigenvalue weighted by molar-refractivity contribution is 5.94. The number of pyridine rings is 1. The second-order valence-electron chi connectivity index (χ2n) is 5.28. The third-order valence-electron chi connectivity index (χ3n) is 3.74. The largest absolute Gasteiger partial charge is 0.378 e. The Labute approximate surface area is 134 Å². The van der Waals surface area contributed by atoms with Gasteiger partial charge in [-0.25, -0.2) is 9.37 Å². The van der Waals surface area contributed by atoms with Gasteiger partial charge in [-0.1, -0.05) is 18.2 Å². The first kappa shape index (κ1) is 15.4. The quantitative estimate of drug-likeness (QED) is 0.937. The molecule has 0 spiro atoms. The number of amides is 1. The molecule has 1 aliphatic rings. The maximum absolute atomic E-state index is 13.5. The summed E-state index contributed by atoms with van der Waals surface area (Å²) in [6.07, 6.45) is 1.54. The molecule has 120 valence electrons. The molecule has 1 N–H and O–H groups in total. The molecule has 2 aromatic rings. The zero-order valence-corrected chi connectivity index (χ0v) is 12.7. The highest BCUT2D eigenvalue weighted by atomic mass is 19.1. The number of aromatic nitrogens is 1. The summed E-state index contributed by atoms with van der Waals surface area (Å²) >= 11 is 0. The molecular formula is C17H18FN3O2. The number of hydrogen-bond acceptors (Lipinski definition) is 4. The Morgan fingerprint density at radius 1 is 1.22 bits per heavy atom. The molecule has 0 unspecified atom stereocenters. The van der Waals surface area contributed by atoms with Crippen molar-refractivity contribution in [3.05, 3.63) is 59.5 Å². The Morgan fingerprint density at radius 2 is 2.00 bits per heavy atom. The number of ether oxygens (including phenoxy) is 1. The molecule has 0 atom stereocenters. The summed E-state index contributed by atoms with van der Waals surface area (Å²) in [5, 5.41) is 2.70. The second kappa shape index (κ2) is 7.19. The maximum atomic E-state index is 13.5. The molecule has 0 aliphatic carbocycles. The van der Waals surface area contributed by atoms with Gasteiger partial charge in [0.15, 0.2) is 0 Å². The van der Waals surface area contributed by atoms with E-state index < -0.39 is 0 Å². The van der Waals surface area contributed by atoms with Crippen molar-refractivity contribution >= 4 is 11.7 Å². The topological polar surface area (TPSA) is 54.5 Å². The van der Waals surface area contributed by atoms with Crippen LogP contribution in [0.3, 0.4) is 0 Å². The zero-order chi connectivity index (χ0) is 16.1. The molecule has 1 saturated heterocycles. The van der Waals surface area contributed by atoms with Crippen LogP contribution in [-0.2, 0) is 11.3 Å². The van der Waals surface area contributed by atoms with Crippen LogP contribution in [-0.4, -0.2) is 37.2 Å². The average Bonchev–Trinajstić information content (AvgIpc) is 2.62. The normalized spacial score (nSPS) is 14.6. The number of halogens is 1. The van der Waals surface area contributed by atoms with Gasteiger partial charge in [0.2, 0.25) is 0 Å². The van der Waals surface area contributed by atoms with Gasteiger partial charge in [-0.2, -0.15) is 0 Å². The standard InChI is InChI=1S/C17H18FN3O2/c18-15-4-2-1-3-13(15)11-20-17(22)14-5-6-16(19-12-14)21-7-9-23-10-8-21/h1-6,12H,7-11H2,(H,20,22). The minimum Gasteiger partial charge on any atom is -0.378 e. The number of carbonyl (C=O) groups is 1. The van der Waals surface area contributed by atoms with Crippen LogP contribution in [0.5, 0.6) is 0 Å². The third kappa shape index (κ3) is 3.84. The van der Waals surface area contributed by atoms with Crippen LogP contribution in [0.2, 0.25) is 0 Å². The van der Waals surface area contributed by atoms with Crippen molar-refractivity contribution in [1.29, 1.82) is 0 Å². The van der Waals surface area contributed by atoms with E-state index in [2.05, 4.69) is 15.2 Å². The van der Waals surface area contributed by atoms with Crippen LogP contribution in [0.4, 0.5) is 10.2 Å². The fourth-order valence-electron chi connectivity index (χ4n) is 2.42. The summed E-state index contributed by atoms with van der Waals surface area (Å²) in [6.45, 7) is 3.12. The second-order valence-corrected chi connectivity index (χ2v) is 5.28. The Balaban J connectivity index is 1.60. The van der Waals surface area contributed by atoms with Gasteiger partial charge >= 0.3 is 0 Å². The number of rotatable bonds is 4. The van der Waals surface area contributed by atoms with E-state index in [1.165, 1.54) is 6.07 Å². The molecule has 1 aromatic carbocycles. The molecule has 6 heteroatoms. The minimum absolute atomic E-state index is 0.150. The first-order valence-corrected chi connectivity index (χ1v) is 7.54. The maximum Gasteiger partial charge on any atom is 0.253 e. The summed E-state index contributed by atoms with van der Waals surface area (Å²) in [4.78, 5) is 18.6. The number of nitrogens with one attached hydrogen (secondary N) is 1. The Kier molecular flexibility index (Phi) is 4.83. The molecule has 1 aromatic heterocycles. The highest BCUT2D eigenvalue weighted by Crippen LogP contribution is 2.13. The van der Waals surface area contributed by atoms with Gasteiger partial charge in [0.05, 0.1) is 18.8 Å². The summed E-state index contributed by atoms with van der Waals surface area (Å²) in [6, 6.07) is 9.94. The zero-order valence-electron chi connectivity index (χ0n) is 12.7. The lowest BCUT2D eigenvalue weighted by Gasteiger charge is -2.27. The molecule has 5 nitrogen and oxygen atoms in total. The number of carbonyl (C=O) groups excluding carboxylic acids is 1. The summed E-state index contributed by atoms with van der Waals surface area (Å²) in [5.41, 5.74) is 0.914. The first-order valence-electron chi connectivity index (χ1n) is 7.54. The van der Waals surface area contributed by atoms with Gasteiger partial charge in [-0.05, 0) is 18.2 Å². The van der Waals surface area contributed by atoms with E-state index in [4.69, 9.17) is 4.74 Å². The molecule has 1 amide bonds. The fourth-order valence-corrected chi connectivity index (χ4v) is 2.42. The molecular weight excluding hydrogens is 297 g/mol. The molecule has 0 saturated carbocycles. The predicted molar refractivity (Wildman–Crippen MR) is 84.8 cm³/mol. The highest BCUT2D eigenvalue weighted by Gasteiger charge is 2.13. The van der Waals surface area contributed by atoms with Gasteiger partial charge in [0, 0.05) is 31.4 Å². The van der Waals surface area contributed by atoms with Gasteiger partial charge in [0.1, 0.15) is 11.6 Å². The van der Waals surface area contributed by atoms with E-state index in [1.807, 2.05) is 6.07 Å². The van der Waals surface area contributed by atoms with Crippen molar-refractivity contribution in [2.45, 2.75) is 6.54 Å². The molecule has 2 heterocycles. The van der Waals surface area contributed by atoms with Crippen LogP contribution in [0.15, 0.2) is 42.6 Å². The van der Waals surface area contributed by atoms with E-state index in [-0.39, 0.29) is 18.3 Å². The minimum atomic E-state index is -0.325. The number of anilines is 1. The lowest BCUT2D eigenvalue weighted by molar-refractivity contribution is 0.0950. The summed E-state index contributed by atoms with van der Waals surface area (Å²) in [5.74, 6) is 0.238. The van der Waals surface area contributed by atoms with Crippen molar-refractivity contribution in [2.24, 2.45) is 0 Å².